The van der Waals surface area contributed by atoms with E-state index in [9.17, 15) is 10.2 Å². The van der Waals surface area contributed by atoms with Gasteiger partial charge in [0.15, 0.2) is 11.8 Å². The van der Waals surface area contributed by atoms with Gasteiger partial charge in [0.05, 0.1) is 30.1 Å². The summed E-state index contributed by atoms with van der Waals surface area (Å²) in [5.41, 5.74) is 2.20. The maximum Gasteiger partial charge on any atom is 0.193 e. The van der Waals surface area contributed by atoms with Crippen LogP contribution in [0.3, 0.4) is 0 Å². The number of nitriles is 1. The van der Waals surface area contributed by atoms with Crippen LogP contribution in [0.1, 0.15) is 5.56 Å². The van der Waals surface area contributed by atoms with E-state index in [1.165, 1.54) is 16.7 Å². The Kier molecular flexibility index (Phi) is 4.34. The molecular formula is C18H15N3O3. The minimum absolute atomic E-state index is 0.0121. The lowest BCUT2D eigenvalue weighted by atomic mass is 10.1. The van der Waals surface area contributed by atoms with E-state index in [4.69, 9.17) is 10.00 Å². The van der Waals surface area contributed by atoms with Crippen molar-refractivity contribution in [2.45, 2.75) is 6.54 Å². The minimum atomic E-state index is -0.0121. The Morgan fingerprint density at radius 1 is 1.08 bits per heavy atom. The molecule has 3 rings (SSSR count). The number of hydrogen-bond acceptors (Lipinski definition) is 5. The average molecular weight is 321 g/mol. The lowest BCUT2D eigenvalue weighted by Gasteiger charge is -2.09. The standard InChI is InChI=1S/C18H15N3O3/c19-11-13-2-1-3-14(10-13)16-5-4-15(12-20-16)24-9-8-21-17(22)6-7-18(21)23/h1-7,10,12,22-23H,8-9H2. The third-order valence-electron chi connectivity index (χ3n) is 3.54. The van der Waals surface area contributed by atoms with Gasteiger partial charge in [-0.15, -0.1) is 0 Å². The van der Waals surface area contributed by atoms with Gasteiger partial charge in [-0.2, -0.15) is 5.26 Å². The lowest BCUT2D eigenvalue weighted by Crippen LogP contribution is -2.07. The van der Waals surface area contributed by atoms with E-state index in [1.54, 1.807) is 24.4 Å². The predicted molar refractivity (Wildman–Crippen MR) is 87.6 cm³/mol. The zero-order valence-corrected chi connectivity index (χ0v) is 12.8. The zero-order chi connectivity index (χ0) is 16.9. The Hall–Kier alpha value is -3.46. The van der Waals surface area contributed by atoms with Crippen molar-refractivity contribution < 1.29 is 14.9 Å². The number of aromatic nitrogens is 2. The molecule has 2 heterocycles. The zero-order valence-electron chi connectivity index (χ0n) is 12.8. The van der Waals surface area contributed by atoms with Crippen molar-refractivity contribution in [3.8, 4) is 34.8 Å². The minimum Gasteiger partial charge on any atom is -0.494 e. The van der Waals surface area contributed by atoms with Gasteiger partial charge in [0.25, 0.3) is 0 Å². The monoisotopic (exact) mass is 321 g/mol. The maximum absolute atomic E-state index is 9.55. The number of pyridine rings is 1. The van der Waals surface area contributed by atoms with Crippen LogP contribution < -0.4 is 4.74 Å². The lowest BCUT2D eigenvalue weighted by molar-refractivity contribution is 0.274. The van der Waals surface area contributed by atoms with Crippen molar-refractivity contribution >= 4 is 0 Å². The van der Waals surface area contributed by atoms with Gasteiger partial charge < -0.3 is 14.9 Å². The van der Waals surface area contributed by atoms with Crippen LogP contribution in [0.25, 0.3) is 11.3 Å². The van der Waals surface area contributed by atoms with E-state index in [-0.39, 0.29) is 18.4 Å². The molecule has 0 fully saturated rings. The summed E-state index contributed by atoms with van der Waals surface area (Å²) in [5.74, 6) is 0.560. The first-order valence-corrected chi connectivity index (χ1v) is 7.34. The third-order valence-corrected chi connectivity index (χ3v) is 3.54. The largest absolute Gasteiger partial charge is 0.494 e. The fourth-order valence-electron chi connectivity index (χ4n) is 2.31. The average Bonchev–Trinajstić information content (AvgIpc) is 2.94. The second-order valence-electron chi connectivity index (χ2n) is 5.12. The molecule has 6 nitrogen and oxygen atoms in total. The van der Waals surface area contributed by atoms with E-state index in [0.717, 1.165) is 11.3 Å². The Bertz CT molecular complexity index is 860. The first-order valence-electron chi connectivity index (χ1n) is 7.34. The Labute approximate surface area is 138 Å². The highest BCUT2D eigenvalue weighted by atomic mass is 16.5. The number of benzene rings is 1. The SMILES string of the molecule is N#Cc1cccc(-c2ccc(OCCn3c(O)ccc3O)cn2)c1. The second kappa shape index (κ2) is 6.75. The molecule has 0 aliphatic carbocycles. The van der Waals surface area contributed by atoms with Crippen molar-refractivity contribution in [1.29, 1.82) is 5.26 Å². The van der Waals surface area contributed by atoms with Crippen molar-refractivity contribution in [2.75, 3.05) is 6.61 Å². The highest BCUT2D eigenvalue weighted by Crippen LogP contribution is 2.22. The molecule has 24 heavy (non-hydrogen) atoms. The molecule has 3 aromatic rings. The molecule has 0 atom stereocenters. The summed E-state index contributed by atoms with van der Waals surface area (Å²) >= 11 is 0. The predicted octanol–water partition coefficient (Wildman–Crippen LogP) is 2.91. The van der Waals surface area contributed by atoms with Crippen LogP contribution in [0.15, 0.2) is 54.7 Å². The molecule has 0 saturated heterocycles. The van der Waals surface area contributed by atoms with Gasteiger partial charge in [-0.1, -0.05) is 12.1 Å². The van der Waals surface area contributed by atoms with Crippen molar-refractivity contribution in [3.63, 3.8) is 0 Å². The van der Waals surface area contributed by atoms with Crippen molar-refractivity contribution in [2.24, 2.45) is 0 Å². The van der Waals surface area contributed by atoms with Gasteiger partial charge in [0, 0.05) is 17.7 Å². The third kappa shape index (κ3) is 3.31. The van der Waals surface area contributed by atoms with Crippen LogP contribution in [0, 0.1) is 11.3 Å². The van der Waals surface area contributed by atoms with E-state index in [0.29, 0.717) is 17.9 Å². The topological polar surface area (TPSA) is 91.3 Å². The molecule has 0 unspecified atom stereocenters. The summed E-state index contributed by atoms with van der Waals surface area (Å²) < 4.78 is 6.91. The molecule has 2 N–H and O–H groups in total. The van der Waals surface area contributed by atoms with E-state index in [1.807, 2.05) is 18.2 Å². The number of rotatable bonds is 5. The van der Waals surface area contributed by atoms with Gasteiger partial charge in [-0.25, -0.2) is 0 Å². The first kappa shape index (κ1) is 15.4. The Balaban J connectivity index is 1.63. The van der Waals surface area contributed by atoms with Crippen LogP contribution in [0.2, 0.25) is 0 Å². The van der Waals surface area contributed by atoms with Crippen LogP contribution in [0.5, 0.6) is 17.5 Å². The van der Waals surface area contributed by atoms with Crippen LogP contribution in [0.4, 0.5) is 0 Å². The van der Waals surface area contributed by atoms with Crippen LogP contribution >= 0.6 is 0 Å². The van der Waals surface area contributed by atoms with Gasteiger partial charge >= 0.3 is 0 Å². The quantitative estimate of drug-likeness (QED) is 0.754. The van der Waals surface area contributed by atoms with E-state index in [2.05, 4.69) is 11.1 Å². The van der Waals surface area contributed by atoms with Gasteiger partial charge in [-0.05, 0) is 24.3 Å². The second-order valence-corrected chi connectivity index (χ2v) is 5.12. The molecule has 0 radical (unpaired) electrons. The molecule has 0 aliphatic rings. The summed E-state index contributed by atoms with van der Waals surface area (Å²) in [6, 6.07) is 15.8. The summed E-state index contributed by atoms with van der Waals surface area (Å²) in [6.45, 7) is 0.595. The molecule has 0 spiro atoms. The molecular weight excluding hydrogens is 306 g/mol. The number of nitrogens with zero attached hydrogens (tertiary/aromatic N) is 3. The summed E-state index contributed by atoms with van der Waals surface area (Å²) in [6.07, 6.45) is 1.60. The van der Waals surface area contributed by atoms with E-state index >= 15 is 0 Å². The molecule has 1 aromatic carbocycles. The number of hydrogen-bond donors (Lipinski definition) is 2. The highest BCUT2D eigenvalue weighted by Gasteiger charge is 2.06. The van der Waals surface area contributed by atoms with Crippen LogP contribution in [-0.4, -0.2) is 26.4 Å². The fourth-order valence-corrected chi connectivity index (χ4v) is 2.31. The van der Waals surface area contributed by atoms with Crippen molar-refractivity contribution in [1.82, 2.24) is 9.55 Å². The molecule has 0 saturated carbocycles. The van der Waals surface area contributed by atoms with Gasteiger partial charge in [0.2, 0.25) is 0 Å². The normalized spacial score (nSPS) is 10.3. The summed E-state index contributed by atoms with van der Waals surface area (Å²) in [4.78, 5) is 4.34. The number of aromatic hydroxyl groups is 2. The van der Waals surface area contributed by atoms with Crippen molar-refractivity contribution in [3.05, 3.63) is 60.3 Å². The number of ether oxygens (including phenoxy) is 1. The summed E-state index contributed by atoms with van der Waals surface area (Å²) in [7, 11) is 0. The van der Waals surface area contributed by atoms with Gasteiger partial charge in [0.1, 0.15) is 12.4 Å². The molecule has 2 aromatic heterocycles. The first-order chi connectivity index (χ1) is 11.7. The van der Waals surface area contributed by atoms with E-state index < -0.39 is 0 Å². The molecule has 6 heteroatoms. The fraction of sp³-hybridized carbons (Fsp3) is 0.111. The summed E-state index contributed by atoms with van der Waals surface area (Å²) in [5, 5.41) is 28.0. The Morgan fingerprint density at radius 3 is 2.54 bits per heavy atom. The molecule has 0 bridgehead atoms. The Morgan fingerprint density at radius 2 is 1.88 bits per heavy atom. The highest BCUT2D eigenvalue weighted by molar-refractivity contribution is 5.61. The van der Waals surface area contributed by atoms with Crippen LogP contribution in [-0.2, 0) is 6.54 Å². The van der Waals surface area contributed by atoms with Gasteiger partial charge in [-0.3, -0.25) is 9.55 Å². The molecule has 120 valence electrons. The molecule has 0 aliphatic heterocycles. The molecule has 0 amide bonds. The smallest absolute Gasteiger partial charge is 0.193 e. The maximum atomic E-state index is 9.55.